The van der Waals surface area contributed by atoms with Crippen LogP contribution in [0, 0.1) is 6.92 Å². The molecule has 1 aliphatic heterocycles. The molecule has 0 bridgehead atoms. The largest absolute Gasteiger partial charge is 0.459 e. The van der Waals surface area contributed by atoms with E-state index in [2.05, 4.69) is 51.6 Å². The summed E-state index contributed by atoms with van der Waals surface area (Å²) in [6.45, 7) is 3.04. The Labute approximate surface area is 148 Å². The molecule has 0 aliphatic carbocycles. The lowest BCUT2D eigenvalue weighted by Crippen LogP contribution is -2.22. The summed E-state index contributed by atoms with van der Waals surface area (Å²) in [5, 5.41) is 12.5. The highest BCUT2D eigenvalue weighted by Crippen LogP contribution is 2.30. The third kappa shape index (κ3) is 2.51. The van der Waals surface area contributed by atoms with Crippen LogP contribution in [-0.2, 0) is 17.9 Å². The molecule has 4 heterocycles. The second-order valence-corrected chi connectivity index (χ2v) is 6.18. The zero-order valence-corrected chi connectivity index (χ0v) is 14.0. The summed E-state index contributed by atoms with van der Waals surface area (Å²) < 4.78 is 18.4. The van der Waals surface area contributed by atoms with Crippen LogP contribution in [-0.4, -0.2) is 25.1 Å². The maximum absolute atomic E-state index is 6.02. The molecule has 1 atom stereocenters. The predicted octanol–water partition coefficient (Wildman–Crippen LogP) is 3.17. The highest BCUT2D eigenvalue weighted by molar-refractivity contribution is 5.55. The number of furan rings is 1. The first-order valence-corrected chi connectivity index (χ1v) is 8.26. The molecule has 8 nitrogen and oxygen atoms in total. The molecule has 0 fully saturated rings. The fourth-order valence-corrected chi connectivity index (χ4v) is 2.99. The van der Waals surface area contributed by atoms with E-state index in [9.17, 15) is 0 Å². The van der Waals surface area contributed by atoms with Crippen molar-refractivity contribution in [1.82, 2.24) is 25.1 Å². The third-order valence-corrected chi connectivity index (χ3v) is 4.42. The fourth-order valence-electron chi connectivity index (χ4n) is 2.99. The molecule has 4 aromatic rings. The Morgan fingerprint density at radius 1 is 1.15 bits per heavy atom. The van der Waals surface area contributed by atoms with Gasteiger partial charge in [0.1, 0.15) is 6.10 Å². The lowest BCUT2D eigenvalue weighted by Gasteiger charge is -2.24. The summed E-state index contributed by atoms with van der Waals surface area (Å²) in [5.41, 5.74) is 3.74. The highest BCUT2D eigenvalue weighted by atomic mass is 16.5. The molecule has 8 heteroatoms. The molecule has 3 aromatic heterocycles. The van der Waals surface area contributed by atoms with Crippen LogP contribution in [0.15, 0.2) is 51.6 Å². The van der Waals surface area contributed by atoms with Crippen molar-refractivity contribution >= 4 is 0 Å². The van der Waals surface area contributed by atoms with E-state index in [-0.39, 0.29) is 6.10 Å². The van der Waals surface area contributed by atoms with Crippen LogP contribution in [0.5, 0.6) is 0 Å². The van der Waals surface area contributed by atoms with E-state index in [0.29, 0.717) is 36.3 Å². The molecule has 1 aromatic carbocycles. The summed E-state index contributed by atoms with van der Waals surface area (Å²) in [6.07, 6.45) is 1.50. The van der Waals surface area contributed by atoms with E-state index in [0.717, 1.165) is 11.3 Å². The van der Waals surface area contributed by atoms with Crippen molar-refractivity contribution < 1.29 is 13.7 Å². The van der Waals surface area contributed by atoms with Crippen LogP contribution in [0.1, 0.15) is 22.9 Å². The number of hydrogen-bond donors (Lipinski definition) is 0. The first-order chi connectivity index (χ1) is 12.8. The van der Waals surface area contributed by atoms with Gasteiger partial charge in [-0.1, -0.05) is 40.2 Å². The topological polar surface area (TPSA) is 92.0 Å². The number of aryl methyl sites for hydroxylation is 1. The van der Waals surface area contributed by atoms with E-state index < -0.39 is 0 Å². The molecule has 0 saturated carbocycles. The zero-order valence-electron chi connectivity index (χ0n) is 14.0. The summed E-state index contributed by atoms with van der Waals surface area (Å²) in [4.78, 5) is 4.35. The van der Waals surface area contributed by atoms with E-state index in [1.165, 1.54) is 5.56 Å². The first kappa shape index (κ1) is 15.0. The number of aromatic nitrogens is 5. The number of nitrogens with zero attached hydrogens (tertiary/aromatic N) is 5. The maximum Gasteiger partial charge on any atom is 0.293 e. The van der Waals surface area contributed by atoms with Crippen LogP contribution in [0.25, 0.3) is 23.2 Å². The number of hydrogen-bond acceptors (Lipinski definition) is 7. The van der Waals surface area contributed by atoms with Crippen LogP contribution in [0.3, 0.4) is 0 Å². The Hall–Kier alpha value is -3.26. The van der Waals surface area contributed by atoms with Crippen LogP contribution in [0.2, 0.25) is 0 Å². The Kier molecular flexibility index (Phi) is 3.42. The van der Waals surface area contributed by atoms with Gasteiger partial charge in [0.15, 0.2) is 11.5 Å². The molecule has 0 amide bonds. The molecule has 0 N–H and O–H groups in total. The number of ether oxygens (including phenoxy) is 1. The number of rotatable bonds is 3. The molecular weight excluding hydrogens is 334 g/mol. The molecule has 130 valence electrons. The van der Waals surface area contributed by atoms with Gasteiger partial charge in [-0.25, -0.2) is 4.68 Å². The molecule has 1 aliphatic rings. The minimum atomic E-state index is -0.0541. The SMILES string of the molecule is Cc1ccc([C@H]2Cn3nnc(-c4noc(-c5ccco5)n4)c3CO2)cc1. The van der Waals surface area contributed by atoms with Gasteiger partial charge in [0, 0.05) is 0 Å². The standard InChI is InChI=1S/C18H15N5O3/c1-11-4-6-12(7-5-11)15-9-23-13(10-25-15)16(20-22-23)17-19-18(26-21-17)14-3-2-8-24-14/h2-8,15H,9-10H2,1H3/t15-/m1/s1. The smallest absolute Gasteiger partial charge is 0.293 e. The third-order valence-electron chi connectivity index (χ3n) is 4.42. The van der Waals surface area contributed by atoms with Gasteiger partial charge in [0.25, 0.3) is 5.89 Å². The lowest BCUT2D eigenvalue weighted by molar-refractivity contribution is -0.00112. The second kappa shape index (κ2) is 5.92. The summed E-state index contributed by atoms with van der Waals surface area (Å²) in [5.74, 6) is 1.19. The van der Waals surface area contributed by atoms with E-state index in [1.54, 1.807) is 18.4 Å². The van der Waals surface area contributed by atoms with Crippen molar-refractivity contribution in [3.05, 3.63) is 59.5 Å². The van der Waals surface area contributed by atoms with Crippen molar-refractivity contribution in [3.8, 4) is 23.2 Å². The average molecular weight is 349 g/mol. The Morgan fingerprint density at radius 3 is 2.85 bits per heavy atom. The van der Waals surface area contributed by atoms with Crippen molar-refractivity contribution in [3.63, 3.8) is 0 Å². The van der Waals surface area contributed by atoms with E-state index in [1.807, 2.05) is 4.68 Å². The van der Waals surface area contributed by atoms with E-state index in [4.69, 9.17) is 13.7 Å². The van der Waals surface area contributed by atoms with Gasteiger partial charge in [-0.15, -0.1) is 5.10 Å². The van der Waals surface area contributed by atoms with Gasteiger partial charge in [0.2, 0.25) is 5.82 Å². The van der Waals surface area contributed by atoms with Crippen LogP contribution < -0.4 is 0 Å². The van der Waals surface area contributed by atoms with Gasteiger partial charge in [0.05, 0.1) is 25.1 Å². The highest BCUT2D eigenvalue weighted by Gasteiger charge is 2.27. The Bertz CT molecular complexity index is 1030. The van der Waals surface area contributed by atoms with E-state index >= 15 is 0 Å². The zero-order chi connectivity index (χ0) is 17.5. The van der Waals surface area contributed by atoms with Crippen molar-refractivity contribution in [2.45, 2.75) is 26.2 Å². The maximum atomic E-state index is 6.02. The summed E-state index contributed by atoms with van der Waals surface area (Å²) >= 11 is 0. The van der Waals surface area contributed by atoms with Crippen molar-refractivity contribution in [2.75, 3.05) is 0 Å². The number of benzene rings is 1. The Balaban J connectivity index is 1.42. The van der Waals surface area contributed by atoms with Gasteiger partial charge in [-0.3, -0.25) is 0 Å². The molecule has 0 saturated heterocycles. The first-order valence-electron chi connectivity index (χ1n) is 8.26. The average Bonchev–Trinajstić information content (AvgIpc) is 3.41. The lowest BCUT2D eigenvalue weighted by atomic mass is 10.1. The molecule has 0 spiro atoms. The summed E-state index contributed by atoms with van der Waals surface area (Å²) in [6, 6.07) is 11.8. The predicted molar refractivity (Wildman–Crippen MR) is 89.7 cm³/mol. The minimum Gasteiger partial charge on any atom is -0.459 e. The molecule has 5 rings (SSSR count). The molecule has 26 heavy (non-hydrogen) atoms. The van der Waals surface area contributed by atoms with Crippen LogP contribution in [0.4, 0.5) is 0 Å². The van der Waals surface area contributed by atoms with Crippen molar-refractivity contribution in [1.29, 1.82) is 0 Å². The van der Waals surface area contributed by atoms with Crippen molar-refractivity contribution in [2.24, 2.45) is 0 Å². The Morgan fingerprint density at radius 2 is 2.04 bits per heavy atom. The van der Waals surface area contributed by atoms with Gasteiger partial charge < -0.3 is 13.7 Å². The molecular formula is C18H15N5O3. The monoisotopic (exact) mass is 349 g/mol. The second-order valence-electron chi connectivity index (χ2n) is 6.18. The minimum absolute atomic E-state index is 0.0541. The molecule has 0 unspecified atom stereocenters. The molecule has 0 radical (unpaired) electrons. The van der Waals surface area contributed by atoms with Gasteiger partial charge in [-0.2, -0.15) is 4.98 Å². The quantitative estimate of drug-likeness (QED) is 0.561. The van der Waals surface area contributed by atoms with Gasteiger partial charge in [-0.05, 0) is 24.6 Å². The van der Waals surface area contributed by atoms with Gasteiger partial charge >= 0.3 is 0 Å². The fraction of sp³-hybridized carbons (Fsp3) is 0.222. The summed E-state index contributed by atoms with van der Waals surface area (Å²) in [7, 11) is 0. The number of fused-ring (bicyclic) bond motifs is 1. The normalized spacial score (nSPS) is 16.6. The van der Waals surface area contributed by atoms with Crippen LogP contribution >= 0.6 is 0 Å².